The van der Waals surface area contributed by atoms with Gasteiger partial charge in [0.25, 0.3) is 11.7 Å². The molecule has 138 valence electrons. The number of hydrogen-bond donors (Lipinski definition) is 1. The van der Waals surface area contributed by atoms with Crippen LogP contribution in [0, 0.1) is 0 Å². The highest BCUT2D eigenvalue weighted by Crippen LogP contribution is 2.39. The van der Waals surface area contributed by atoms with Crippen molar-refractivity contribution in [1.82, 2.24) is 4.90 Å². The van der Waals surface area contributed by atoms with Crippen LogP contribution in [0.5, 0.6) is 5.75 Å². The van der Waals surface area contributed by atoms with Gasteiger partial charge in [0.05, 0.1) is 18.7 Å². The Balaban J connectivity index is 2.16. The number of Topliss-reactive ketones (excluding diaryl/α,β-unsaturated/α-hetero) is 1. The van der Waals surface area contributed by atoms with Crippen LogP contribution < -0.4 is 4.74 Å². The molecule has 5 nitrogen and oxygen atoms in total. The summed E-state index contributed by atoms with van der Waals surface area (Å²) in [5.41, 5.74) is 1.23. The summed E-state index contributed by atoms with van der Waals surface area (Å²) in [6, 6.07) is 13.3. The topological polar surface area (TPSA) is 66.8 Å². The van der Waals surface area contributed by atoms with E-state index in [0.29, 0.717) is 16.9 Å². The van der Waals surface area contributed by atoms with Gasteiger partial charge in [0.1, 0.15) is 11.5 Å². The Morgan fingerprint density at radius 2 is 1.81 bits per heavy atom. The zero-order chi connectivity index (χ0) is 19.6. The van der Waals surface area contributed by atoms with Crippen molar-refractivity contribution in [3.8, 4) is 5.75 Å². The first-order valence-corrected chi connectivity index (χ1v) is 9.06. The average Bonchev–Trinajstić information content (AvgIpc) is 2.93. The minimum atomic E-state index is -0.710. The fraction of sp³-hybridized carbons (Fsp3) is 0.143. The molecule has 1 aliphatic rings. The van der Waals surface area contributed by atoms with Crippen LogP contribution in [-0.2, 0) is 9.59 Å². The third-order valence-electron chi connectivity index (χ3n) is 4.41. The Morgan fingerprint density at radius 1 is 1.19 bits per heavy atom. The number of ketones is 1. The SMILES string of the molecule is C=CCN1C(=O)C(=O)C(=C(O)c2ccc(Br)cc2)[C@@H]1c1ccc(OC)cc1. The summed E-state index contributed by atoms with van der Waals surface area (Å²) in [7, 11) is 1.56. The van der Waals surface area contributed by atoms with Crippen LogP contribution in [-0.4, -0.2) is 35.4 Å². The molecule has 0 bridgehead atoms. The van der Waals surface area contributed by atoms with E-state index in [2.05, 4.69) is 22.5 Å². The molecule has 0 saturated carbocycles. The highest BCUT2D eigenvalue weighted by atomic mass is 79.9. The number of amides is 1. The molecule has 1 heterocycles. The molecule has 0 spiro atoms. The zero-order valence-electron chi connectivity index (χ0n) is 14.7. The molecular weight excluding hydrogens is 410 g/mol. The van der Waals surface area contributed by atoms with Crippen molar-refractivity contribution in [3.05, 3.63) is 82.4 Å². The second kappa shape index (κ2) is 7.80. The molecule has 1 N–H and O–H groups in total. The number of hydrogen-bond acceptors (Lipinski definition) is 4. The molecule has 2 aromatic rings. The van der Waals surface area contributed by atoms with E-state index in [1.54, 1.807) is 61.7 Å². The molecule has 0 aliphatic carbocycles. The second-order valence-corrected chi connectivity index (χ2v) is 6.94. The maximum absolute atomic E-state index is 12.7. The lowest BCUT2D eigenvalue weighted by molar-refractivity contribution is -0.139. The Labute approximate surface area is 165 Å². The van der Waals surface area contributed by atoms with Crippen LogP contribution >= 0.6 is 15.9 Å². The monoisotopic (exact) mass is 427 g/mol. The van der Waals surface area contributed by atoms with Gasteiger partial charge >= 0.3 is 0 Å². The highest BCUT2D eigenvalue weighted by molar-refractivity contribution is 9.10. The van der Waals surface area contributed by atoms with E-state index in [4.69, 9.17) is 4.74 Å². The van der Waals surface area contributed by atoms with Gasteiger partial charge in [-0.15, -0.1) is 6.58 Å². The minimum absolute atomic E-state index is 0.0642. The average molecular weight is 428 g/mol. The molecule has 1 atom stereocenters. The Kier molecular flexibility index (Phi) is 5.46. The van der Waals surface area contributed by atoms with Gasteiger partial charge in [-0.05, 0) is 29.8 Å². The van der Waals surface area contributed by atoms with E-state index in [1.165, 1.54) is 4.90 Å². The summed E-state index contributed by atoms with van der Waals surface area (Å²) < 4.78 is 6.02. The molecule has 1 amide bonds. The van der Waals surface area contributed by atoms with Crippen molar-refractivity contribution in [2.24, 2.45) is 0 Å². The summed E-state index contributed by atoms with van der Waals surface area (Å²) >= 11 is 3.34. The van der Waals surface area contributed by atoms with Gasteiger partial charge in [-0.25, -0.2) is 0 Å². The third-order valence-corrected chi connectivity index (χ3v) is 4.94. The molecule has 1 fully saturated rings. The lowest BCUT2D eigenvalue weighted by Gasteiger charge is -2.24. The molecule has 3 rings (SSSR count). The highest BCUT2D eigenvalue weighted by Gasteiger charge is 2.45. The van der Waals surface area contributed by atoms with Crippen LogP contribution in [0.15, 0.2) is 71.2 Å². The van der Waals surface area contributed by atoms with Gasteiger partial charge in [-0.2, -0.15) is 0 Å². The molecule has 2 aromatic carbocycles. The van der Waals surface area contributed by atoms with Crippen LogP contribution in [0.3, 0.4) is 0 Å². The maximum atomic E-state index is 12.7. The summed E-state index contributed by atoms with van der Waals surface area (Å²) in [5.74, 6) is -0.909. The number of likely N-dealkylation sites (tertiary alicyclic amines) is 1. The lowest BCUT2D eigenvalue weighted by atomic mass is 9.95. The van der Waals surface area contributed by atoms with Gasteiger partial charge in [0.15, 0.2) is 0 Å². The number of benzene rings is 2. The standard InChI is InChI=1S/C21H18BrNO4/c1-3-12-23-18(13-6-10-16(27-2)11-7-13)17(20(25)21(23)26)19(24)14-4-8-15(22)9-5-14/h3-11,18,24H,1,12H2,2H3/t18-/m0/s1. The number of ether oxygens (including phenoxy) is 1. The van der Waals surface area contributed by atoms with E-state index in [1.807, 2.05) is 0 Å². The summed E-state index contributed by atoms with van der Waals surface area (Å²) in [4.78, 5) is 26.7. The molecule has 0 radical (unpaired) electrons. The van der Waals surface area contributed by atoms with Gasteiger partial charge in [0, 0.05) is 16.6 Å². The Hall–Kier alpha value is -2.86. The molecule has 0 unspecified atom stereocenters. The number of carbonyl (C=O) groups is 2. The smallest absolute Gasteiger partial charge is 0.295 e. The van der Waals surface area contributed by atoms with Crippen LogP contribution in [0.4, 0.5) is 0 Å². The van der Waals surface area contributed by atoms with E-state index >= 15 is 0 Å². The summed E-state index contributed by atoms with van der Waals surface area (Å²) in [5, 5.41) is 10.8. The number of aliphatic hydroxyl groups excluding tert-OH is 1. The van der Waals surface area contributed by atoms with Crippen LogP contribution in [0.1, 0.15) is 17.2 Å². The molecule has 1 saturated heterocycles. The third kappa shape index (κ3) is 3.53. The first-order valence-electron chi connectivity index (χ1n) is 8.27. The molecule has 27 heavy (non-hydrogen) atoms. The van der Waals surface area contributed by atoms with Crippen molar-refractivity contribution in [2.75, 3.05) is 13.7 Å². The van der Waals surface area contributed by atoms with Gasteiger partial charge in [0.2, 0.25) is 0 Å². The Bertz CT molecular complexity index is 916. The number of carbonyl (C=O) groups excluding carboxylic acids is 2. The van der Waals surface area contributed by atoms with E-state index in [0.717, 1.165) is 4.47 Å². The summed E-state index contributed by atoms with van der Waals surface area (Å²) in [6.07, 6.45) is 1.56. The van der Waals surface area contributed by atoms with Gasteiger partial charge in [-0.3, -0.25) is 9.59 Å². The van der Waals surface area contributed by atoms with E-state index in [9.17, 15) is 14.7 Å². The zero-order valence-corrected chi connectivity index (χ0v) is 16.3. The number of halogens is 1. The second-order valence-electron chi connectivity index (χ2n) is 6.02. The number of rotatable bonds is 5. The van der Waals surface area contributed by atoms with Crippen LogP contribution in [0.25, 0.3) is 5.76 Å². The molecular formula is C21H18BrNO4. The number of nitrogens with zero attached hydrogens (tertiary/aromatic N) is 1. The van der Waals surface area contributed by atoms with Crippen molar-refractivity contribution >= 4 is 33.4 Å². The number of aliphatic hydroxyl groups is 1. The van der Waals surface area contributed by atoms with Crippen LogP contribution in [0.2, 0.25) is 0 Å². The van der Waals surface area contributed by atoms with Crippen molar-refractivity contribution in [1.29, 1.82) is 0 Å². The quantitative estimate of drug-likeness (QED) is 0.338. The van der Waals surface area contributed by atoms with E-state index in [-0.39, 0.29) is 17.9 Å². The molecule has 0 aromatic heterocycles. The normalized spacial score (nSPS) is 18.6. The number of methoxy groups -OCH3 is 1. The van der Waals surface area contributed by atoms with Crippen molar-refractivity contribution < 1.29 is 19.4 Å². The predicted octanol–water partition coefficient (Wildman–Crippen LogP) is 4.07. The first-order chi connectivity index (χ1) is 13.0. The Morgan fingerprint density at radius 3 is 2.37 bits per heavy atom. The fourth-order valence-corrected chi connectivity index (χ4v) is 3.37. The van der Waals surface area contributed by atoms with Crippen molar-refractivity contribution in [2.45, 2.75) is 6.04 Å². The largest absolute Gasteiger partial charge is 0.507 e. The van der Waals surface area contributed by atoms with Gasteiger partial charge in [-0.1, -0.05) is 46.3 Å². The van der Waals surface area contributed by atoms with Gasteiger partial charge < -0.3 is 14.7 Å². The lowest BCUT2D eigenvalue weighted by Crippen LogP contribution is -2.29. The predicted molar refractivity (Wildman–Crippen MR) is 106 cm³/mol. The summed E-state index contributed by atoms with van der Waals surface area (Å²) in [6.45, 7) is 3.86. The molecule has 1 aliphatic heterocycles. The van der Waals surface area contributed by atoms with Crippen molar-refractivity contribution in [3.63, 3.8) is 0 Å². The fourth-order valence-electron chi connectivity index (χ4n) is 3.10. The maximum Gasteiger partial charge on any atom is 0.295 e. The minimum Gasteiger partial charge on any atom is -0.507 e. The molecule has 6 heteroatoms. The van der Waals surface area contributed by atoms with E-state index < -0.39 is 17.7 Å². The first kappa shape index (κ1) is 18.9.